The van der Waals surface area contributed by atoms with Gasteiger partial charge in [0, 0.05) is 32.2 Å². The number of anilines is 2. The first kappa shape index (κ1) is 20.8. The van der Waals surface area contributed by atoms with Crippen LogP contribution in [0.15, 0.2) is 40.9 Å². The van der Waals surface area contributed by atoms with Gasteiger partial charge in [-0.3, -0.25) is 9.59 Å². The number of para-hydroxylation sites is 1. The lowest BCUT2D eigenvalue weighted by Crippen LogP contribution is -2.50. The molecule has 2 amide bonds. The first-order valence-electron chi connectivity index (χ1n) is 9.77. The lowest BCUT2D eigenvalue weighted by molar-refractivity contribution is -0.128. The summed E-state index contributed by atoms with van der Waals surface area (Å²) in [5.41, 5.74) is 0.886. The number of aryl methyl sites for hydroxylation is 1. The summed E-state index contributed by atoms with van der Waals surface area (Å²) in [6.45, 7) is 4.17. The van der Waals surface area contributed by atoms with Crippen molar-refractivity contribution in [1.82, 2.24) is 30.3 Å². The van der Waals surface area contributed by atoms with Crippen LogP contribution >= 0.6 is 11.8 Å². The predicted octanol–water partition coefficient (Wildman–Crippen LogP) is 0.979. The number of hydrogen-bond acceptors (Lipinski definition) is 9. The van der Waals surface area contributed by atoms with E-state index in [0.29, 0.717) is 43.7 Å². The van der Waals surface area contributed by atoms with Crippen molar-refractivity contribution in [1.29, 1.82) is 0 Å². The molecule has 1 aliphatic rings. The van der Waals surface area contributed by atoms with Crippen molar-refractivity contribution in [3.63, 3.8) is 0 Å². The van der Waals surface area contributed by atoms with E-state index in [1.54, 1.807) is 22.6 Å². The summed E-state index contributed by atoms with van der Waals surface area (Å²) >= 11 is 1.28. The first-order chi connectivity index (χ1) is 15.1. The second kappa shape index (κ2) is 9.60. The maximum absolute atomic E-state index is 12.5. The number of nitrogens with one attached hydrogen (secondary N) is 1. The summed E-state index contributed by atoms with van der Waals surface area (Å²) in [7, 11) is 0. The Balaban J connectivity index is 1.22. The van der Waals surface area contributed by atoms with Crippen molar-refractivity contribution < 1.29 is 14.1 Å². The van der Waals surface area contributed by atoms with Gasteiger partial charge < -0.3 is 19.6 Å². The van der Waals surface area contributed by atoms with E-state index in [2.05, 4.69) is 30.9 Å². The molecule has 1 fully saturated rings. The molecular formula is C19H22N8O3S. The minimum absolute atomic E-state index is 0.0115. The Labute approximate surface area is 182 Å². The fourth-order valence-electron chi connectivity index (χ4n) is 3.20. The van der Waals surface area contributed by atoms with E-state index in [9.17, 15) is 9.59 Å². The Hall–Kier alpha value is -3.41. The third-order valence-electron chi connectivity index (χ3n) is 4.72. The topological polar surface area (TPSA) is 122 Å². The molecule has 2 aromatic heterocycles. The van der Waals surface area contributed by atoms with Gasteiger partial charge in [-0.05, 0) is 29.5 Å². The van der Waals surface area contributed by atoms with Crippen LogP contribution in [-0.2, 0) is 9.59 Å². The van der Waals surface area contributed by atoms with Crippen molar-refractivity contribution in [3.8, 4) is 5.69 Å². The Kier molecular flexibility index (Phi) is 6.46. The number of tetrazole rings is 1. The van der Waals surface area contributed by atoms with Gasteiger partial charge in [0.15, 0.2) is 5.82 Å². The zero-order valence-corrected chi connectivity index (χ0v) is 17.8. The highest BCUT2D eigenvalue weighted by atomic mass is 32.2. The fourth-order valence-corrected chi connectivity index (χ4v) is 3.92. The average molecular weight is 443 g/mol. The third-order valence-corrected chi connectivity index (χ3v) is 5.64. The van der Waals surface area contributed by atoms with Crippen LogP contribution in [0, 0.1) is 6.92 Å². The monoisotopic (exact) mass is 442 g/mol. The maximum Gasteiger partial charge on any atom is 0.250 e. The summed E-state index contributed by atoms with van der Waals surface area (Å²) in [6, 6.07) is 11.3. The van der Waals surface area contributed by atoms with Crippen LogP contribution in [0.2, 0.25) is 0 Å². The largest absolute Gasteiger partial charge is 0.360 e. The minimum Gasteiger partial charge on any atom is -0.360 e. The van der Waals surface area contributed by atoms with Crippen LogP contribution < -0.4 is 10.2 Å². The van der Waals surface area contributed by atoms with Gasteiger partial charge in [-0.1, -0.05) is 28.5 Å². The summed E-state index contributed by atoms with van der Waals surface area (Å²) in [4.78, 5) is 28.3. The van der Waals surface area contributed by atoms with Crippen molar-refractivity contribution in [2.24, 2.45) is 0 Å². The fraction of sp³-hybridized carbons (Fsp3) is 0.368. The molecule has 0 saturated carbocycles. The number of carbonyl (C=O) groups excluding carboxylic acids is 2. The standard InChI is InChI=1S/C19H22N8O3S/c1-14-11-16(22-30-14)20-17(28)12-31-13-18(29)25-7-9-26(10-8-25)19-21-23-24-27(19)15-5-3-2-4-6-15/h2-6,11H,7-10,12-13H2,1H3,(H,20,22,28). The molecule has 1 aliphatic heterocycles. The second-order valence-electron chi connectivity index (χ2n) is 6.96. The zero-order valence-electron chi connectivity index (χ0n) is 17.0. The number of rotatable bonds is 7. The molecule has 3 aromatic rings. The molecule has 0 atom stereocenters. The lowest BCUT2D eigenvalue weighted by atomic mass is 10.3. The Morgan fingerprint density at radius 2 is 1.90 bits per heavy atom. The molecule has 0 aliphatic carbocycles. The van der Waals surface area contributed by atoms with Crippen LogP contribution in [0.4, 0.5) is 11.8 Å². The number of nitrogens with zero attached hydrogens (tertiary/aromatic N) is 7. The van der Waals surface area contributed by atoms with Crippen LogP contribution in [0.5, 0.6) is 0 Å². The van der Waals surface area contributed by atoms with E-state index in [1.165, 1.54) is 11.8 Å². The van der Waals surface area contributed by atoms with E-state index in [0.717, 1.165) is 5.69 Å². The number of piperazine rings is 1. The Morgan fingerprint density at radius 3 is 2.61 bits per heavy atom. The number of thioether (sulfide) groups is 1. The van der Waals surface area contributed by atoms with Gasteiger partial charge in [0.25, 0.3) is 0 Å². The van der Waals surface area contributed by atoms with Crippen molar-refractivity contribution in [2.75, 3.05) is 47.9 Å². The van der Waals surface area contributed by atoms with Crippen LogP contribution in [0.25, 0.3) is 5.69 Å². The Bertz CT molecular complexity index is 1030. The molecule has 0 unspecified atom stereocenters. The average Bonchev–Trinajstić information content (AvgIpc) is 3.43. The van der Waals surface area contributed by atoms with Gasteiger partial charge in [-0.25, -0.2) is 0 Å². The molecule has 1 saturated heterocycles. The number of aromatic nitrogens is 5. The highest BCUT2D eigenvalue weighted by Crippen LogP contribution is 2.17. The summed E-state index contributed by atoms with van der Waals surface area (Å²) in [6.07, 6.45) is 0. The van der Waals surface area contributed by atoms with Crippen LogP contribution in [0.1, 0.15) is 5.76 Å². The van der Waals surface area contributed by atoms with E-state index in [1.807, 2.05) is 30.3 Å². The molecule has 3 heterocycles. The molecule has 31 heavy (non-hydrogen) atoms. The molecule has 162 valence electrons. The highest BCUT2D eigenvalue weighted by molar-refractivity contribution is 8.00. The molecule has 12 heteroatoms. The molecule has 1 N–H and O–H groups in total. The maximum atomic E-state index is 12.5. The van der Waals surface area contributed by atoms with Gasteiger partial charge >= 0.3 is 0 Å². The van der Waals surface area contributed by atoms with E-state index in [4.69, 9.17) is 4.52 Å². The van der Waals surface area contributed by atoms with Gasteiger partial charge in [0.1, 0.15) is 5.76 Å². The molecule has 4 rings (SSSR count). The normalized spacial score (nSPS) is 14.0. The first-order valence-corrected chi connectivity index (χ1v) is 10.9. The van der Waals surface area contributed by atoms with Crippen molar-refractivity contribution >= 4 is 35.3 Å². The van der Waals surface area contributed by atoms with Gasteiger partial charge in [-0.2, -0.15) is 4.68 Å². The van der Waals surface area contributed by atoms with E-state index in [-0.39, 0.29) is 23.3 Å². The number of hydrogen-bond donors (Lipinski definition) is 1. The van der Waals surface area contributed by atoms with E-state index >= 15 is 0 Å². The van der Waals surface area contributed by atoms with E-state index < -0.39 is 0 Å². The SMILES string of the molecule is Cc1cc(NC(=O)CSCC(=O)N2CCN(c3nnnn3-c3ccccc3)CC2)no1. The van der Waals surface area contributed by atoms with Crippen LogP contribution in [0.3, 0.4) is 0 Å². The summed E-state index contributed by atoms with van der Waals surface area (Å²) < 4.78 is 6.60. The number of benzene rings is 1. The molecule has 11 nitrogen and oxygen atoms in total. The van der Waals surface area contributed by atoms with Crippen molar-refractivity contribution in [3.05, 3.63) is 42.2 Å². The number of carbonyl (C=O) groups is 2. The quantitative estimate of drug-likeness (QED) is 0.570. The second-order valence-corrected chi connectivity index (χ2v) is 7.94. The van der Waals surface area contributed by atoms with Gasteiger partial charge in [0.05, 0.1) is 17.2 Å². The smallest absolute Gasteiger partial charge is 0.250 e. The zero-order chi connectivity index (χ0) is 21.6. The highest BCUT2D eigenvalue weighted by Gasteiger charge is 2.25. The van der Waals surface area contributed by atoms with Crippen molar-refractivity contribution in [2.45, 2.75) is 6.92 Å². The molecule has 0 radical (unpaired) electrons. The molecular weight excluding hydrogens is 420 g/mol. The van der Waals surface area contributed by atoms with Gasteiger partial charge in [0.2, 0.25) is 17.8 Å². The molecule has 0 bridgehead atoms. The molecule has 0 spiro atoms. The van der Waals surface area contributed by atoms with Gasteiger partial charge in [-0.15, -0.1) is 11.8 Å². The third kappa shape index (κ3) is 5.20. The molecule has 1 aromatic carbocycles. The van der Waals surface area contributed by atoms with Crippen LogP contribution in [-0.4, -0.2) is 79.8 Å². The summed E-state index contributed by atoms with van der Waals surface area (Å²) in [5, 5.41) is 18.4. The number of amides is 2. The predicted molar refractivity (Wildman–Crippen MR) is 115 cm³/mol. The summed E-state index contributed by atoms with van der Waals surface area (Å²) in [5.74, 6) is 1.86. The lowest BCUT2D eigenvalue weighted by Gasteiger charge is -2.34. The minimum atomic E-state index is -0.219. The Morgan fingerprint density at radius 1 is 1.13 bits per heavy atom.